The summed E-state index contributed by atoms with van der Waals surface area (Å²) in [7, 11) is 0. The number of carboxylic acid groups (broad SMARTS) is 1. The van der Waals surface area contributed by atoms with Crippen molar-refractivity contribution in [3.05, 3.63) is 47.8 Å². The molecule has 0 unspecified atom stereocenters. The molecule has 0 aliphatic rings. The largest absolute Gasteiger partial charge is 0.481 e. The molecular formula is C18H22N4O4. The molecule has 0 saturated carbocycles. The van der Waals surface area contributed by atoms with Crippen LogP contribution in [0.15, 0.2) is 36.4 Å². The highest BCUT2D eigenvalue weighted by atomic mass is 16.4. The number of carbonyl (C=O) groups excluding carboxylic acids is 2. The molecule has 0 aliphatic heterocycles. The molecular weight excluding hydrogens is 336 g/mol. The summed E-state index contributed by atoms with van der Waals surface area (Å²) in [4.78, 5) is 35.6. The predicted molar refractivity (Wildman–Crippen MR) is 95.1 cm³/mol. The number of carboxylic acids is 1. The van der Waals surface area contributed by atoms with E-state index >= 15 is 0 Å². The Kier molecular flexibility index (Phi) is 5.76. The maximum atomic E-state index is 12.4. The summed E-state index contributed by atoms with van der Waals surface area (Å²) in [6.45, 7) is 3.50. The Morgan fingerprint density at radius 1 is 1.19 bits per heavy atom. The number of amides is 2. The van der Waals surface area contributed by atoms with Gasteiger partial charge in [0, 0.05) is 12.6 Å². The van der Waals surface area contributed by atoms with Gasteiger partial charge in [-0.1, -0.05) is 32.0 Å². The molecule has 2 amide bonds. The first-order valence-electron chi connectivity index (χ1n) is 8.31. The highest BCUT2D eigenvalue weighted by molar-refractivity contribution is 5.97. The van der Waals surface area contributed by atoms with Gasteiger partial charge in [0.15, 0.2) is 5.69 Å². The van der Waals surface area contributed by atoms with Crippen LogP contribution in [0.4, 0.5) is 0 Å². The summed E-state index contributed by atoms with van der Waals surface area (Å²) < 4.78 is 1.29. The van der Waals surface area contributed by atoms with E-state index in [0.717, 1.165) is 0 Å². The van der Waals surface area contributed by atoms with Gasteiger partial charge in [-0.25, -0.2) is 4.68 Å². The van der Waals surface area contributed by atoms with Gasteiger partial charge in [-0.05, 0) is 25.0 Å². The molecule has 0 atom stereocenters. The molecule has 8 nitrogen and oxygen atoms in total. The lowest BCUT2D eigenvalue weighted by atomic mass is 9.82. The van der Waals surface area contributed by atoms with Crippen molar-refractivity contribution in [3.8, 4) is 5.69 Å². The summed E-state index contributed by atoms with van der Waals surface area (Å²) in [6.07, 6.45) is 0.758. The summed E-state index contributed by atoms with van der Waals surface area (Å²) in [5.74, 6) is -2.24. The number of hydrogen-bond donors (Lipinski definition) is 3. The maximum Gasteiger partial charge on any atom is 0.311 e. The minimum atomic E-state index is -1.04. The van der Waals surface area contributed by atoms with Crippen molar-refractivity contribution in [2.45, 2.75) is 26.7 Å². The van der Waals surface area contributed by atoms with Gasteiger partial charge in [0.05, 0.1) is 11.1 Å². The summed E-state index contributed by atoms with van der Waals surface area (Å²) in [5, 5.41) is 16.2. The molecule has 8 heteroatoms. The third-order valence-corrected chi connectivity index (χ3v) is 4.59. The Labute approximate surface area is 151 Å². The van der Waals surface area contributed by atoms with Gasteiger partial charge in [-0.2, -0.15) is 5.10 Å². The highest BCUT2D eigenvalue weighted by Gasteiger charge is 2.35. The molecule has 0 bridgehead atoms. The molecule has 1 heterocycles. The van der Waals surface area contributed by atoms with Crippen molar-refractivity contribution >= 4 is 17.8 Å². The fourth-order valence-electron chi connectivity index (χ4n) is 2.65. The Bertz CT molecular complexity index is 810. The van der Waals surface area contributed by atoms with Crippen LogP contribution in [-0.4, -0.2) is 39.2 Å². The summed E-state index contributed by atoms with van der Waals surface area (Å²) in [5.41, 5.74) is 4.99. The molecule has 0 saturated heterocycles. The normalized spacial score (nSPS) is 11.2. The second kappa shape index (κ2) is 7.81. The zero-order valence-electron chi connectivity index (χ0n) is 14.7. The van der Waals surface area contributed by atoms with Crippen LogP contribution in [0.3, 0.4) is 0 Å². The lowest BCUT2D eigenvalue weighted by Gasteiger charge is -2.26. The molecule has 0 aliphatic carbocycles. The van der Waals surface area contributed by atoms with Gasteiger partial charge in [-0.15, -0.1) is 0 Å². The van der Waals surface area contributed by atoms with Gasteiger partial charge < -0.3 is 16.2 Å². The van der Waals surface area contributed by atoms with Gasteiger partial charge in [-0.3, -0.25) is 14.4 Å². The van der Waals surface area contributed by atoms with Gasteiger partial charge in [0.25, 0.3) is 11.8 Å². The van der Waals surface area contributed by atoms with E-state index in [1.807, 2.05) is 6.07 Å². The molecule has 1 aromatic carbocycles. The average Bonchev–Trinajstić information content (AvgIpc) is 3.09. The van der Waals surface area contributed by atoms with Crippen molar-refractivity contribution in [1.29, 1.82) is 0 Å². The molecule has 138 valence electrons. The number of carbonyl (C=O) groups is 3. The zero-order chi connectivity index (χ0) is 19.3. The first-order valence-corrected chi connectivity index (χ1v) is 8.31. The predicted octanol–water partition coefficient (Wildman–Crippen LogP) is 1.59. The van der Waals surface area contributed by atoms with Crippen molar-refractivity contribution < 1.29 is 19.5 Å². The van der Waals surface area contributed by atoms with Crippen LogP contribution < -0.4 is 11.1 Å². The van der Waals surface area contributed by atoms with Crippen LogP contribution in [0, 0.1) is 5.41 Å². The van der Waals surface area contributed by atoms with E-state index < -0.39 is 23.2 Å². The number of benzene rings is 1. The third-order valence-electron chi connectivity index (χ3n) is 4.59. The SMILES string of the molecule is CCC(CC)(CNC(=O)c1cc(C(N)=O)n(-c2ccccc2)n1)C(=O)O. The second-order valence-corrected chi connectivity index (χ2v) is 6.00. The second-order valence-electron chi connectivity index (χ2n) is 6.00. The lowest BCUT2D eigenvalue weighted by Crippen LogP contribution is -2.42. The number of nitrogens with two attached hydrogens (primary N) is 1. The first kappa shape index (κ1) is 19.2. The van der Waals surface area contributed by atoms with Crippen LogP contribution in [0.1, 0.15) is 47.7 Å². The zero-order valence-corrected chi connectivity index (χ0v) is 14.7. The van der Waals surface area contributed by atoms with E-state index in [9.17, 15) is 19.5 Å². The topological polar surface area (TPSA) is 127 Å². The standard InChI is InChI=1S/C18H22N4O4/c1-3-18(4-2,17(25)26)11-20-16(24)13-10-14(15(19)23)22(21-13)12-8-6-5-7-9-12/h5-10H,3-4,11H2,1-2H3,(H2,19,23)(H,20,24)(H,25,26). The van der Waals surface area contributed by atoms with Crippen LogP contribution in [0.5, 0.6) is 0 Å². The van der Waals surface area contributed by atoms with E-state index in [-0.39, 0.29) is 17.9 Å². The molecule has 4 N–H and O–H groups in total. The number of aliphatic carboxylic acids is 1. The van der Waals surface area contributed by atoms with Gasteiger partial charge in [0.1, 0.15) is 5.69 Å². The van der Waals surface area contributed by atoms with E-state index in [1.54, 1.807) is 38.1 Å². The number of nitrogens with one attached hydrogen (secondary N) is 1. The Hall–Kier alpha value is -3.16. The van der Waals surface area contributed by atoms with Crippen LogP contribution in [0.25, 0.3) is 5.69 Å². The lowest BCUT2D eigenvalue weighted by molar-refractivity contribution is -0.149. The fraction of sp³-hybridized carbons (Fsp3) is 0.333. The molecule has 2 rings (SSSR count). The van der Waals surface area contributed by atoms with Crippen LogP contribution in [-0.2, 0) is 4.79 Å². The number of primary amides is 1. The quantitative estimate of drug-likeness (QED) is 0.660. The smallest absolute Gasteiger partial charge is 0.311 e. The molecule has 0 radical (unpaired) electrons. The number of hydrogen-bond acceptors (Lipinski definition) is 4. The van der Waals surface area contributed by atoms with E-state index in [0.29, 0.717) is 18.5 Å². The summed E-state index contributed by atoms with van der Waals surface area (Å²) in [6, 6.07) is 10.1. The van der Waals surface area contributed by atoms with E-state index in [1.165, 1.54) is 10.7 Å². The average molecular weight is 358 g/mol. The van der Waals surface area contributed by atoms with Crippen LogP contribution >= 0.6 is 0 Å². The number of aromatic nitrogens is 2. The van der Waals surface area contributed by atoms with Gasteiger partial charge in [0.2, 0.25) is 0 Å². The minimum Gasteiger partial charge on any atom is -0.481 e. The minimum absolute atomic E-state index is 0.00542. The Morgan fingerprint density at radius 3 is 2.31 bits per heavy atom. The Morgan fingerprint density at radius 2 is 1.81 bits per heavy atom. The number of nitrogens with zero attached hydrogens (tertiary/aromatic N) is 2. The molecule has 2 aromatic rings. The maximum absolute atomic E-state index is 12.4. The number of rotatable bonds is 8. The summed E-state index contributed by atoms with van der Waals surface area (Å²) >= 11 is 0. The van der Waals surface area contributed by atoms with Crippen molar-refractivity contribution in [2.24, 2.45) is 11.1 Å². The van der Waals surface area contributed by atoms with E-state index in [4.69, 9.17) is 5.73 Å². The van der Waals surface area contributed by atoms with Crippen molar-refractivity contribution in [1.82, 2.24) is 15.1 Å². The fourth-order valence-corrected chi connectivity index (χ4v) is 2.65. The molecule has 0 fully saturated rings. The number of para-hydroxylation sites is 1. The Balaban J connectivity index is 2.27. The first-order chi connectivity index (χ1) is 12.3. The third kappa shape index (κ3) is 3.74. The molecule has 1 aromatic heterocycles. The monoisotopic (exact) mass is 358 g/mol. The highest BCUT2D eigenvalue weighted by Crippen LogP contribution is 2.25. The van der Waals surface area contributed by atoms with E-state index in [2.05, 4.69) is 10.4 Å². The van der Waals surface area contributed by atoms with Crippen molar-refractivity contribution in [3.63, 3.8) is 0 Å². The van der Waals surface area contributed by atoms with Gasteiger partial charge >= 0.3 is 5.97 Å². The molecule has 26 heavy (non-hydrogen) atoms. The van der Waals surface area contributed by atoms with Crippen molar-refractivity contribution in [2.75, 3.05) is 6.54 Å². The van der Waals surface area contributed by atoms with Crippen LogP contribution in [0.2, 0.25) is 0 Å². The molecule has 0 spiro atoms.